The zero-order valence-electron chi connectivity index (χ0n) is 12.4. The fraction of sp³-hybridized carbons (Fsp3) is 1.00. The average molecular weight is 367 g/mol. The van der Waals surface area contributed by atoms with Gasteiger partial charge in [-0.3, -0.25) is 0 Å². The van der Waals surface area contributed by atoms with Crippen molar-refractivity contribution in [2.45, 2.75) is 44.6 Å². The van der Waals surface area contributed by atoms with Crippen molar-refractivity contribution in [2.24, 2.45) is 5.92 Å². The first-order valence-corrected chi connectivity index (χ1v) is 10.7. The lowest BCUT2D eigenvalue weighted by molar-refractivity contribution is 0.104. The van der Waals surface area contributed by atoms with E-state index < -0.39 is 10.0 Å². The van der Waals surface area contributed by atoms with Crippen LogP contribution in [0, 0.1) is 5.92 Å². The molecule has 2 rings (SSSR count). The molecular formula is C14H27BrN2O2S. The topological polar surface area (TPSA) is 40.6 Å². The molecule has 2 atom stereocenters. The molecule has 0 radical (unpaired) electrons. The lowest BCUT2D eigenvalue weighted by atomic mass is 9.94. The van der Waals surface area contributed by atoms with E-state index in [0.29, 0.717) is 18.5 Å². The molecule has 0 aromatic carbocycles. The molecule has 2 unspecified atom stereocenters. The van der Waals surface area contributed by atoms with Crippen molar-refractivity contribution < 1.29 is 8.42 Å². The lowest BCUT2D eigenvalue weighted by Crippen LogP contribution is -2.47. The monoisotopic (exact) mass is 366 g/mol. The molecule has 2 heterocycles. The first-order valence-electron chi connectivity index (χ1n) is 7.76. The van der Waals surface area contributed by atoms with E-state index in [-0.39, 0.29) is 0 Å². The molecule has 0 aromatic heterocycles. The van der Waals surface area contributed by atoms with Crippen molar-refractivity contribution >= 4 is 26.0 Å². The Bertz CT molecular complexity index is 400. The third-order valence-electron chi connectivity index (χ3n) is 4.63. The Kier molecular flexibility index (Phi) is 6.32. The summed E-state index contributed by atoms with van der Waals surface area (Å²) >= 11 is 3.56. The predicted octanol–water partition coefficient (Wildman–Crippen LogP) is 2.30. The van der Waals surface area contributed by atoms with Crippen molar-refractivity contribution in [2.75, 3.05) is 37.8 Å². The normalized spacial score (nSPS) is 30.5. The maximum Gasteiger partial charge on any atom is 0.211 e. The maximum absolute atomic E-state index is 11.7. The van der Waals surface area contributed by atoms with Crippen molar-refractivity contribution in [3.05, 3.63) is 0 Å². The van der Waals surface area contributed by atoms with Gasteiger partial charge in [0.25, 0.3) is 0 Å². The minimum absolute atomic E-state index is 0.509. The zero-order chi connectivity index (χ0) is 14.6. The molecule has 4 nitrogen and oxygen atoms in total. The molecule has 0 aliphatic carbocycles. The summed E-state index contributed by atoms with van der Waals surface area (Å²) in [5, 5.41) is 1.06. The number of sulfonamides is 1. The number of halogens is 1. The Morgan fingerprint density at radius 3 is 2.65 bits per heavy atom. The van der Waals surface area contributed by atoms with E-state index in [2.05, 4.69) is 20.8 Å². The molecule has 0 aromatic rings. The largest absolute Gasteiger partial charge is 0.300 e. The summed E-state index contributed by atoms with van der Waals surface area (Å²) in [6.45, 7) is 3.69. The van der Waals surface area contributed by atoms with Gasteiger partial charge in [0.1, 0.15) is 0 Å². The highest BCUT2D eigenvalue weighted by molar-refractivity contribution is 9.09. The molecule has 2 aliphatic heterocycles. The molecule has 20 heavy (non-hydrogen) atoms. The summed E-state index contributed by atoms with van der Waals surface area (Å²) < 4.78 is 25.1. The van der Waals surface area contributed by atoms with Crippen molar-refractivity contribution in [3.63, 3.8) is 0 Å². The van der Waals surface area contributed by atoms with Crippen LogP contribution in [0.4, 0.5) is 0 Å². The molecule has 0 amide bonds. The smallest absolute Gasteiger partial charge is 0.211 e. The van der Waals surface area contributed by atoms with Crippen LogP contribution >= 0.6 is 15.9 Å². The van der Waals surface area contributed by atoms with Crippen LogP contribution in [0.5, 0.6) is 0 Å². The quantitative estimate of drug-likeness (QED) is 0.700. The van der Waals surface area contributed by atoms with Gasteiger partial charge in [0, 0.05) is 31.0 Å². The Morgan fingerprint density at radius 1 is 1.15 bits per heavy atom. The van der Waals surface area contributed by atoms with E-state index in [1.807, 2.05) is 0 Å². The van der Waals surface area contributed by atoms with E-state index in [1.54, 1.807) is 4.31 Å². The number of piperidine rings is 2. The van der Waals surface area contributed by atoms with Gasteiger partial charge in [0.15, 0.2) is 0 Å². The molecule has 0 bridgehead atoms. The van der Waals surface area contributed by atoms with E-state index in [4.69, 9.17) is 0 Å². The summed E-state index contributed by atoms with van der Waals surface area (Å²) in [7, 11) is -3.02. The van der Waals surface area contributed by atoms with Gasteiger partial charge in [0.05, 0.1) is 6.26 Å². The van der Waals surface area contributed by atoms with Gasteiger partial charge in [-0.15, -0.1) is 0 Å². The number of likely N-dealkylation sites (tertiary alicyclic amines) is 1. The van der Waals surface area contributed by atoms with Crippen LogP contribution in [0.2, 0.25) is 0 Å². The highest BCUT2D eigenvalue weighted by atomic mass is 79.9. The number of hydrogen-bond acceptors (Lipinski definition) is 3. The second-order valence-corrected chi connectivity index (χ2v) is 9.03. The molecule has 2 saturated heterocycles. The first-order chi connectivity index (χ1) is 9.50. The summed E-state index contributed by atoms with van der Waals surface area (Å²) in [4.78, 5) is 2.61. The van der Waals surface area contributed by atoms with Crippen molar-refractivity contribution in [3.8, 4) is 0 Å². The molecular weight excluding hydrogens is 340 g/mol. The van der Waals surface area contributed by atoms with Crippen LogP contribution in [0.25, 0.3) is 0 Å². The van der Waals surface area contributed by atoms with Crippen LogP contribution < -0.4 is 0 Å². The Balaban J connectivity index is 1.91. The number of alkyl halides is 1. The van der Waals surface area contributed by atoms with Crippen molar-refractivity contribution in [1.29, 1.82) is 0 Å². The Morgan fingerprint density at radius 2 is 1.95 bits per heavy atom. The highest BCUT2D eigenvalue weighted by Crippen LogP contribution is 2.25. The molecule has 2 fully saturated rings. The molecule has 2 aliphatic rings. The van der Waals surface area contributed by atoms with Crippen LogP contribution in [0.3, 0.4) is 0 Å². The number of rotatable bonds is 5. The SMILES string of the molecule is CS(=O)(=O)N1CCCC(CN2CCCCC2CCBr)C1. The van der Waals surface area contributed by atoms with Gasteiger partial charge in [-0.2, -0.15) is 0 Å². The first kappa shape index (κ1) is 16.7. The molecule has 6 heteroatoms. The average Bonchev–Trinajstić information content (AvgIpc) is 2.41. The molecule has 118 valence electrons. The number of hydrogen-bond donors (Lipinski definition) is 0. The van der Waals surface area contributed by atoms with E-state index >= 15 is 0 Å². The number of nitrogens with zero attached hydrogens (tertiary/aromatic N) is 2. The van der Waals surface area contributed by atoms with E-state index in [9.17, 15) is 8.42 Å². The second-order valence-electron chi connectivity index (χ2n) is 6.25. The van der Waals surface area contributed by atoms with Crippen LogP contribution in [-0.4, -0.2) is 61.4 Å². The third kappa shape index (κ3) is 4.68. The Hall–Kier alpha value is 0.350. The Labute approximate surface area is 132 Å². The second kappa shape index (κ2) is 7.56. The van der Waals surface area contributed by atoms with Gasteiger partial charge in [-0.25, -0.2) is 12.7 Å². The molecule has 0 spiro atoms. The zero-order valence-corrected chi connectivity index (χ0v) is 14.8. The van der Waals surface area contributed by atoms with Gasteiger partial charge in [-0.05, 0) is 44.6 Å². The van der Waals surface area contributed by atoms with E-state index in [0.717, 1.165) is 24.8 Å². The maximum atomic E-state index is 11.7. The van der Waals surface area contributed by atoms with Crippen LogP contribution in [-0.2, 0) is 10.0 Å². The van der Waals surface area contributed by atoms with Gasteiger partial charge < -0.3 is 4.90 Å². The highest BCUT2D eigenvalue weighted by Gasteiger charge is 2.29. The summed E-state index contributed by atoms with van der Waals surface area (Å²) in [5.74, 6) is 0.509. The van der Waals surface area contributed by atoms with Gasteiger partial charge in [0.2, 0.25) is 10.0 Å². The standard InChI is InChI=1S/C14H27BrN2O2S/c1-20(18,19)17-10-4-5-13(12-17)11-16-9-3-2-6-14(16)7-8-15/h13-14H,2-12H2,1H3. The lowest BCUT2D eigenvalue weighted by Gasteiger charge is -2.40. The molecule has 0 N–H and O–H groups in total. The minimum atomic E-state index is -3.02. The predicted molar refractivity (Wildman–Crippen MR) is 86.8 cm³/mol. The van der Waals surface area contributed by atoms with Crippen LogP contribution in [0.1, 0.15) is 38.5 Å². The van der Waals surface area contributed by atoms with Gasteiger partial charge >= 0.3 is 0 Å². The fourth-order valence-electron chi connectivity index (χ4n) is 3.56. The summed E-state index contributed by atoms with van der Waals surface area (Å²) in [6.07, 6.45) is 8.66. The summed E-state index contributed by atoms with van der Waals surface area (Å²) in [6, 6.07) is 0.691. The van der Waals surface area contributed by atoms with Gasteiger partial charge in [-0.1, -0.05) is 22.4 Å². The summed E-state index contributed by atoms with van der Waals surface area (Å²) in [5.41, 5.74) is 0. The van der Waals surface area contributed by atoms with Crippen LogP contribution in [0.15, 0.2) is 0 Å². The third-order valence-corrected chi connectivity index (χ3v) is 6.36. The van der Waals surface area contributed by atoms with E-state index in [1.165, 1.54) is 44.9 Å². The minimum Gasteiger partial charge on any atom is -0.300 e. The van der Waals surface area contributed by atoms with Crippen molar-refractivity contribution in [1.82, 2.24) is 9.21 Å². The fourth-order valence-corrected chi connectivity index (χ4v) is 5.03. The molecule has 0 saturated carbocycles.